The summed E-state index contributed by atoms with van der Waals surface area (Å²) in [4.78, 5) is 10.8. The van der Waals surface area contributed by atoms with Gasteiger partial charge in [0.05, 0.1) is 5.92 Å². The Labute approximate surface area is 104 Å². The van der Waals surface area contributed by atoms with Gasteiger partial charge in [0.25, 0.3) is 0 Å². The second-order valence-electron chi connectivity index (χ2n) is 3.67. The zero-order valence-electron chi connectivity index (χ0n) is 9.24. The number of carbonyl (C=O) groups is 1. The SMILES string of the molecule is CCC(CNCc1ccccc1Br)C(=O)O. The van der Waals surface area contributed by atoms with E-state index in [2.05, 4.69) is 21.2 Å². The van der Waals surface area contributed by atoms with Crippen molar-refractivity contribution in [2.24, 2.45) is 5.92 Å². The van der Waals surface area contributed by atoms with Gasteiger partial charge in [-0.15, -0.1) is 0 Å². The number of hydrogen-bond donors (Lipinski definition) is 2. The van der Waals surface area contributed by atoms with Crippen LogP contribution in [0.4, 0.5) is 0 Å². The molecule has 0 aliphatic rings. The minimum Gasteiger partial charge on any atom is -0.481 e. The number of halogens is 1. The van der Waals surface area contributed by atoms with Crippen molar-refractivity contribution in [2.75, 3.05) is 6.54 Å². The van der Waals surface area contributed by atoms with Gasteiger partial charge in [0, 0.05) is 17.6 Å². The summed E-state index contributed by atoms with van der Waals surface area (Å²) in [7, 11) is 0. The fourth-order valence-electron chi connectivity index (χ4n) is 1.43. The van der Waals surface area contributed by atoms with Crippen LogP contribution in [-0.2, 0) is 11.3 Å². The third-order valence-electron chi connectivity index (χ3n) is 2.51. The van der Waals surface area contributed by atoms with Crippen molar-refractivity contribution >= 4 is 21.9 Å². The zero-order chi connectivity index (χ0) is 12.0. The second kappa shape index (κ2) is 6.66. The van der Waals surface area contributed by atoms with Crippen LogP contribution in [0.25, 0.3) is 0 Å². The highest BCUT2D eigenvalue weighted by Crippen LogP contribution is 2.15. The molecule has 1 unspecified atom stereocenters. The van der Waals surface area contributed by atoms with Gasteiger partial charge < -0.3 is 10.4 Å². The molecule has 0 aliphatic carbocycles. The molecule has 0 fully saturated rings. The molecule has 16 heavy (non-hydrogen) atoms. The van der Waals surface area contributed by atoms with Crippen LogP contribution in [0.2, 0.25) is 0 Å². The maximum Gasteiger partial charge on any atom is 0.307 e. The Kier molecular flexibility index (Phi) is 5.49. The number of carboxylic acids is 1. The summed E-state index contributed by atoms with van der Waals surface area (Å²) in [5, 5.41) is 12.0. The van der Waals surface area contributed by atoms with Crippen LogP contribution in [0.3, 0.4) is 0 Å². The first kappa shape index (κ1) is 13.2. The van der Waals surface area contributed by atoms with Crippen LogP contribution in [0.5, 0.6) is 0 Å². The van der Waals surface area contributed by atoms with Crippen LogP contribution < -0.4 is 5.32 Å². The van der Waals surface area contributed by atoms with Crippen LogP contribution in [0.15, 0.2) is 28.7 Å². The summed E-state index contributed by atoms with van der Waals surface area (Å²) in [5.41, 5.74) is 1.14. The summed E-state index contributed by atoms with van der Waals surface area (Å²) in [6.45, 7) is 3.08. The first-order valence-corrected chi connectivity index (χ1v) is 6.11. The van der Waals surface area contributed by atoms with Crippen molar-refractivity contribution in [1.82, 2.24) is 5.32 Å². The predicted molar refractivity (Wildman–Crippen MR) is 67.3 cm³/mol. The molecule has 1 rings (SSSR count). The molecule has 0 amide bonds. The zero-order valence-corrected chi connectivity index (χ0v) is 10.8. The lowest BCUT2D eigenvalue weighted by atomic mass is 10.1. The molecule has 1 aromatic rings. The van der Waals surface area contributed by atoms with Gasteiger partial charge in [0.15, 0.2) is 0 Å². The fourth-order valence-corrected chi connectivity index (χ4v) is 1.85. The topological polar surface area (TPSA) is 49.3 Å². The molecule has 0 heterocycles. The van der Waals surface area contributed by atoms with E-state index in [0.717, 1.165) is 10.0 Å². The van der Waals surface area contributed by atoms with E-state index in [1.165, 1.54) is 0 Å². The van der Waals surface area contributed by atoms with E-state index in [-0.39, 0.29) is 5.92 Å². The minimum absolute atomic E-state index is 0.303. The van der Waals surface area contributed by atoms with Crippen molar-refractivity contribution in [3.05, 3.63) is 34.3 Å². The number of hydrogen-bond acceptors (Lipinski definition) is 2. The highest BCUT2D eigenvalue weighted by Gasteiger charge is 2.13. The van der Waals surface area contributed by atoms with Crippen LogP contribution in [-0.4, -0.2) is 17.6 Å². The van der Waals surface area contributed by atoms with Gasteiger partial charge in [0.1, 0.15) is 0 Å². The third kappa shape index (κ3) is 3.94. The van der Waals surface area contributed by atoms with Gasteiger partial charge in [-0.3, -0.25) is 4.79 Å². The lowest BCUT2D eigenvalue weighted by molar-refractivity contribution is -0.141. The number of rotatable bonds is 6. The molecule has 0 saturated carbocycles. The molecule has 0 aromatic heterocycles. The smallest absolute Gasteiger partial charge is 0.307 e. The highest BCUT2D eigenvalue weighted by molar-refractivity contribution is 9.10. The Morgan fingerprint density at radius 3 is 2.75 bits per heavy atom. The predicted octanol–water partition coefficient (Wildman–Crippen LogP) is 2.65. The summed E-state index contributed by atoms with van der Waals surface area (Å²) in [6, 6.07) is 7.92. The van der Waals surface area contributed by atoms with Crippen molar-refractivity contribution in [3.8, 4) is 0 Å². The average molecular weight is 286 g/mol. The van der Waals surface area contributed by atoms with Gasteiger partial charge in [-0.2, -0.15) is 0 Å². The summed E-state index contributed by atoms with van der Waals surface area (Å²) in [6.07, 6.45) is 0.651. The van der Waals surface area contributed by atoms with Crippen LogP contribution in [0, 0.1) is 5.92 Å². The molecule has 0 saturated heterocycles. The highest BCUT2D eigenvalue weighted by atomic mass is 79.9. The Bertz CT molecular complexity index is 355. The largest absolute Gasteiger partial charge is 0.481 e. The Balaban J connectivity index is 2.41. The quantitative estimate of drug-likeness (QED) is 0.845. The number of benzene rings is 1. The molecular formula is C12H16BrNO2. The van der Waals surface area contributed by atoms with Gasteiger partial charge >= 0.3 is 5.97 Å². The molecule has 1 atom stereocenters. The van der Waals surface area contributed by atoms with Crippen LogP contribution >= 0.6 is 15.9 Å². The molecule has 0 aliphatic heterocycles. The van der Waals surface area contributed by atoms with Crippen molar-refractivity contribution in [1.29, 1.82) is 0 Å². The first-order chi connectivity index (χ1) is 7.65. The maximum atomic E-state index is 10.8. The molecule has 0 radical (unpaired) electrons. The Morgan fingerprint density at radius 1 is 1.50 bits per heavy atom. The molecule has 3 nitrogen and oxygen atoms in total. The van der Waals surface area contributed by atoms with E-state index in [4.69, 9.17) is 5.11 Å². The molecule has 0 spiro atoms. The van der Waals surface area contributed by atoms with E-state index in [1.807, 2.05) is 31.2 Å². The maximum absolute atomic E-state index is 10.8. The number of aliphatic carboxylic acids is 1. The standard InChI is InChI=1S/C12H16BrNO2/c1-2-9(12(15)16)7-14-8-10-5-3-4-6-11(10)13/h3-6,9,14H,2,7-8H2,1H3,(H,15,16). The second-order valence-corrected chi connectivity index (χ2v) is 4.52. The monoisotopic (exact) mass is 285 g/mol. The number of nitrogens with one attached hydrogen (secondary N) is 1. The van der Waals surface area contributed by atoms with Crippen molar-refractivity contribution < 1.29 is 9.90 Å². The van der Waals surface area contributed by atoms with E-state index < -0.39 is 5.97 Å². The molecule has 4 heteroatoms. The average Bonchev–Trinajstić information content (AvgIpc) is 2.26. The minimum atomic E-state index is -0.734. The molecule has 0 bridgehead atoms. The summed E-state index contributed by atoms with van der Waals surface area (Å²) < 4.78 is 1.05. The van der Waals surface area contributed by atoms with E-state index in [1.54, 1.807) is 0 Å². The fraction of sp³-hybridized carbons (Fsp3) is 0.417. The summed E-state index contributed by atoms with van der Waals surface area (Å²) in [5.74, 6) is -1.04. The van der Waals surface area contributed by atoms with E-state index in [9.17, 15) is 4.79 Å². The van der Waals surface area contributed by atoms with Gasteiger partial charge in [-0.25, -0.2) is 0 Å². The molecule has 88 valence electrons. The van der Waals surface area contributed by atoms with Crippen LogP contribution in [0.1, 0.15) is 18.9 Å². The van der Waals surface area contributed by atoms with Crippen molar-refractivity contribution in [2.45, 2.75) is 19.9 Å². The Hall–Kier alpha value is -0.870. The van der Waals surface area contributed by atoms with Gasteiger partial charge in [-0.1, -0.05) is 41.1 Å². The summed E-state index contributed by atoms with van der Waals surface area (Å²) >= 11 is 3.45. The third-order valence-corrected chi connectivity index (χ3v) is 3.28. The van der Waals surface area contributed by atoms with Gasteiger partial charge in [0.2, 0.25) is 0 Å². The molecule has 2 N–H and O–H groups in total. The lowest BCUT2D eigenvalue weighted by Gasteiger charge is -2.11. The van der Waals surface area contributed by atoms with E-state index in [0.29, 0.717) is 19.5 Å². The lowest BCUT2D eigenvalue weighted by Crippen LogP contribution is -2.27. The van der Waals surface area contributed by atoms with Gasteiger partial charge in [-0.05, 0) is 18.1 Å². The number of carboxylic acid groups (broad SMARTS) is 1. The molecular weight excluding hydrogens is 270 g/mol. The first-order valence-electron chi connectivity index (χ1n) is 5.32. The Morgan fingerprint density at radius 2 is 2.19 bits per heavy atom. The molecule has 1 aromatic carbocycles. The van der Waals surface area contributed by atoms with E-state index >= 15 is 0 Å². The normalized spacial score (nSPS) is 12.4. The van der Waals surface area contributed by atoms with Crippen molar-refractivity contribution in [3.63, 3.8) is 0 Å².